The van der Waals surface area contributed by atoms with Gasteiger partial charge >= 0.3 is 0 Å². The predicted octanol–water partition coefficient (Wildman–Crippen LogP) is -1.38. The minimum Gasteiger partial charge on any atom is -0.371 e. The molecule has 0 aromatic heterocycles. The molecule has 5 heteroatoms. The molecule has 5 nitrogen and oxygen atoms in total. The fraction of sp³-hybridized carbons (Fsp3) is 0.286. The Hall–Kier alpha value is -1.49. The van der Waals surface area contributed by atoms with Crippen LogP contribution in [0.1, 0.15) is 0 Å². The molecule has 0 saturated heterocycles. The summed E-state index contributed by atoms with van der Waals surface area (Å²) < 4.78 is 0. The summed E-state index contributed by atoms with van der Waals surface area (Å²) in [6.07, 6.45) is 5.61. The molecule has 0 radical (unpaired) electrons. The lowest BCUT2D eigenvalue weighted by Crippen LogP contribution is -2.49. The molecule has 2 heterocycles. The van der Waals surface area contributed by atoms with Gasteiger partial charge in [0.25, 0.3) is 0 Å². The third kappa shape index (κ3) is 1.04. The first-order valence-corrected chi connectivity index (χ1v) is 3.72. The number of hydrogen-bond donors (Lipinski definition) is 3. The van der Waals surface area contributed by atoms with E-state index in [9.17, 15) is 4.79 Å². The molecule has 1 atom stereocenters. The van der Waals surface area contributed by atoms with Crippen LogP contribution < -0.4 is 16.5 Å². The minimum atomic E-state index is -0.380. The maximum Gasteiger partial charge on any atom is 0.247 e. The van der Waals surface area contributed by atoms with E-state index in [-0.39, 0.29) is 12.1 Å². The fourth-order valence-corrected chi connectivity index (χ4v) is 1.27. The largest absolute Gasteiger partial charge is 0.371 e. The van der Waals surface area contributed by atoms with E-state index < -0.39 is 0 Å². The Bertz CT molecular complexity index is 271. The average Bonchev–Trinajstić information content (AvgIpc) is 2.49. The standard InChI is InChI=1S/C7H10N4O/c8-7(12)5-3-9-6-1-2-10-11(6)4-5/h1-3,6,9-10H,4H2,(H2,8,12). The second kappa shape index (κ2) is 2.53. The first-order valence-electron chi connectivity index (χ1n) is 3.72. The first-order chi connectivity index (χ1) is 5.77. The quantitative estimate of drug-likeness (QED) is 0.449. The molecular weight excluding hydrogens is 156 g/mol. The van der Waals surface area contributed by atoms with Crippen molar-refractivity contribution < 1.29 is 4.79 Å². The van der Waals surface area contributed by atoms with Gasteiger partial charge in [0.2, 0.25) is 5.91 Å². The van der Waals surface area contributed by atoms with E-state index in [1.807, 2.05) is 17.3 Å². The molecule has 0 aromatic rings. The Morgan fingerprint density at radius 2 is 2.58 bits per heavy atom. The summed E-state index contributed by atoms with van der Waals surface area (Å²) in [5.41, 5.74) is 8.70. The van der Waals surface area contributed by atoms with Gasteiger partial charge in [0.05, 0.1) is 6.54 Å². The van der Waals surface area contributed by atoms with Crippen molar-refractivity contribution >= 4 is 5.91 Å². The van der Waals surface area contributed by atoms with Gasteiger partial charge in [0.15, 0.2) is 0 Å². The molecule has 0 fully saturated rings. The van der Waals surface area contributed by atoms with Crippen molar-refractivity contribution in [2.75, 3.05) is 6.54 Å². The fourth-order valence-electron chi connectivity index (χ4n) is 1.27. The number of hydrazine groups is 1. The van der Waals surface area contributed by atoms with E-state index in [0.29, 0.717) is 12.1 Å². The van der Waals surface area contributed by atoms with Crippen LogP contribution in [0.15, 0.2) is 24.0 Å². The van der Waals surface area contributed by atoms with Crippen LogP contribution in [-0.2, 0) is 4.79 Å². The van der Waals surface area contributed by atoms with Crippen LogP contribution in [0.25, 0.3) is 0 Å². The minimum absolute atomic E-state index is 0.146. The van der Waals surface area contributed by atoms with Gasteiger partial charge in [0, 0.05) is 18.0 Å². The molecular formula is C7H10N4O. The zero-order chi connectivity index (χ0) is 8.55. The molecule has 0 aliphatic carbocycles. The number of hydrogen-bond acceptors (Lipinski definition) is 4. The Morgan fingerprint density at radius 1 is 1.75 bits per heavy atom. The van der Waals surface area contributed by atoms with Gasteiger partial charge in [-0.05, 0) is 6.08 Å². The SMILES string of the molecule is NC(=O)C1=CNC2C=CNN2C1. The molecule has 0 aromatic carbocycles. The second-order valence-electron chi connectivity index (χ2n) is 2.76. The van der Waals surface area contributed by atoms with E-state index in [4.69, 9.17) is 5.73 Å². The van der Waals surface area contributed by atoms with Gasteiger partial charge in [0.1, 0.15) is 6.17 Å². The molecule has 1 amide bonds. The number of nitrogens with one attached hydrogen (secondary N) is 2. The third-order valence-corrected chi connectivity index (χ3v) is 1.94. The van der Waals surface area contributed by atoms with Crippen molar-refractivity contribution in [2.24, 2.45) is 5.73 Å². The van der Waals surface area contributed by atoms with Crippen molar-refractivity contribution in [3.05, 3.63) is 24.0 Å². The van der Waals surface area contributed by atoms with Crippen LogP contribution in [-0.4, -0.2) is 23.6 Å². The molecule has 2 aliphatic rings. The maximum atomic E-state index is 10.8. The molecule has 0 saturated carbocycles. The Morgan fingerprint density at radius 3 is 3.33 bits per heavy atom. The van der Waals surface area contributed by atoms with Gasteiger partial charge in [-0.3, -0.25) is 4.79 Å². The highest BCUT2D eigenvalue weighted by molar-refractivity contribution is 5.92. The van der Waals surface area contributed by atoms with Crippen LogP contribution in [0.2, 0.25) is 0 Å². The molecule has 2 aliphatic heterocycles. The molecule has 0 spiro atoms. The van der Waals surface area contributed by atoms with Crippen molar-refractivity contribution in [2.45, 2.75) is 6.17 Å². The van der Waals surface area contributed by atoms with E-state index in [1.165, 1.54) is 0 Å². The number of amides is 1. The number of nitrogens with two attached hydrogens (primary N) is 1. The number of rotatable bonds is 1. The molecule has 64 valence electrons. The molecule has 4 N–H and O–H groups in total. The highest BCUT2D eigenvalue weighted by Crippen LogP contribution is 2.10. The zero-order valence-corrected chi connectivity index (χ0v) is 6.45. The smallest absolute Gasteiger partial charge is 0.247 e. The summed E-state index contributed by atoms with van der Waals surface area (Å²) in [6, 6.07) is 0. The van der Waals surface area contributed by atoms with Crippen LogP contribution in [0.4, 0.5) is 0 Å². The maximum absolute atomic E-state index is 10.8. The van der Waals surface area contributed by atoms with Crippen molar-refractivity contribution in [3.63, 3.8) is 0 Å². The van der Waals surface area contributed by atoms with Crippen LogP contribution in [0, 0.1) is 0 Å². The Balaban J connectivity index is 2.11. The van der Waals surface area contributed by atoms with Crippen LogP contribution in [0.3, 0.4) is 0 Å². The summed E-state index contributed by atoms with van der Waals surface area (Å²) >= 11 is 0. The van der Waals surface area contributed by atoms with E-state index in [2.05, 4.69) is 10.7 Å². The second-order valence-corrected chi connectivity index (χ2v) is 2.76. The van der Waals surface area contributed by atoms with Crippen molar-refractivity contribution in [1.29, 1.82) is 0 Å². The molecule has 0 bridgehead atoms. The third-order valence-electron chi connectivity index (χ3n) is 1.94. The number of nitrogens with zero attached hydrogens (tertiary/aromatic N) is 1. The summed E-state index contributed by atoms with van der Waals surface area (Å²) in [5, 5.41) is 4.92. The molecule has 12 heavy (non-hydrogen) atoms. The Labute approximate surface area is 69.9 Å². The predicted molar refractivity (Wildman–Crippen MR) is 43.2 cm³/mol. The zero-order valence-electron chi connectivity index (χ0n) is 6.45. The van der Waals surface area contributed by atoms with E-state index in [0.717, 1.165) is 0 Å². The van der Waals surface area contributed by atoms with E-state index >= 15 is 0 Å². The number of primary amides is 1. The number of carbonyl (C=O) groups excluding carboxylic acids is 1. The van der Waals surface area contributed by atoms with Gasteiger partial charge in [-0.2, -0.15) is 5.01 Å². The van der Waals surface area contributed by atoms with Crippen LogP contribution in [0.5, 0.6) is 0 Å². The summed E-state index contributed by atoms with van der Waals surface area (Å²) in [5.74, 6) is -0.380. The summed E-state index contributed by atoms with van der Waals surface area (Å²) in [4.78, 5) is 10.8. The monoisotopic (exact) mass is 166 g/mol. The summed E-state index contributed by atoms with van der Waals surface area (Å²) in [6.45, 7) is 0.542. The topological polar surface area (TPSA) is 70.4 Å². The molecule has 1 unspecified atom stereocenters. The summed E-state index contributed by atoms with van der Waals surface area (Å²) in [7, 11) is 0. The molecule has 2 rings (SSSR count). The van der Waals surface area contributed by atoms with Gasteiger partial charge in [-0.1, -0.05) is 0 Å². The van der Waals surface area contributed by atoms with Gasteiger partial charge in [-0.25, -0.2) is 0 Å². The van der Waals surface area contributed by atoms with Crippen molar-refractivity contribution in [1.82, 2.24) is 15.8 Å². The lowest BCUT2D eigenvalue weighted by molar-refractivity contribution is -0.115. The normalized spacial score (nSPS) is 27.0. The number of fused-ring (bicyclic) bond motifs is 1. The highest BCUT2D eigenvalue weighted by Gasteiger charge is 2.24. The van der Waals surface area contributed by atoms with Crippen LogP contribution >= 0.6 is 0 Å². The van der Waals surface area contributed by atoms with E-state index in [1.54, 1.807) is 6.20 Å². The van der Waals surface area contributed by atoms with Gasteiger partial charge in [-0.15, -0.1) is 0 Å². The average molecular weight is 166 g/mol. The lowest BCUT2D eigenvalue weighted by atomic mass is 10.2. The lowest BCUT2D eigenvalue weighted by Gasteiger charge is -2.28. The Kier molecular flexibility index (Phi) is 1.51. The van der Waals surface area contributed by atoms with Gasteiger partial charge < -0.3 is 16.5 Å². The first kappa shape index (κ1) is 7.17. The highest BCUT2D eigenvalue weighted by atomic mass is 16.1. The number of carbonyl (C=O) groups is 1. The van der Waals surface area contributed by atoms with Crippen molar-refractivity contribution in [3.8, 4) is 0 Å².